The zero-order valence-corrected chi connectivity index (χ0v) is 12.0. The van der Waals surface area contributed by atoms with Crippen LogP contribution in [0, 0.1) is 5.41 Å². The van der Waals surface area contributed by atoms with Crippen LogP contribution in [0.4, 0.5) is 0 Å². The number of piperidine rings is 1. The molecule has 17 heavy (non-hydrogen) atoms. The SMILES string of the molecule is CCN1CCC(NC(CCO)C(C)(C)C)CC1. The molecule has 1 heterocycles. The standard InChI is InChI=1S/C14H30N2O/c1-5-16-9-6-12(7-10-16)15-13(8-11-17)14(2,3)4/h12-13,15,17H,5-11H2,1-4H3. The molecule has 0 aromatic carbocycles. The van der Waals surface area contributed by atoms with Crippen LogP contribution in [0.25, 0.3) is 0 Å². The predicted molar refractivity (Wildman–Crippen MR) is 73.2 cm³/mol. The fraction of sp³-hybridized carbons (Fsp3) is 1.00. The van der Waals surface area contributed by atoms with Gasteiger partial charge in [0.25, 0.3) is 0 Å². The van der Waals surface area contributed by atoms with Gasteiger partial charge in [-0.2, -0.15) is 0 Å². The molecule has 1 rings (SSSR count). The van der Waals surface area contributed by atoms with Crippen molar-refractivity contribution < 1.29 is 5.11 Å². The van der Waals surface area contributed by atoms with Crippen LogP contribution in [0.2, 0.25) is 0 Å². The van der Waals surface area contributed by atoms with Crippen molar-refractivity contribution in [2.75, 3.05) is 26.2 Å². The third-order valence-corrected chi connectivity index (χ3v) is 3.93. The molecule has 0 aromatic rings. The third-order valence-electron chi connectivity index (χ3n) is 3.93. The van der Waals surface area contributed by atoms with E-state index in [1.807, 2.05) is 0 Å². The Morgan fingerprint density at radius 2 is 1.88 bits per heavy atom. The van der Waals surface area contributed by atoms with E-state index in [0.29, 0.717) is 12.1 Å². The van der Waals surface area contributed by atoms with Crippen molar-refractivity contribution in [2.24, 2.45) is 5.41 Å². The molecule has 102 valence electrons. The molecule has 0 radical (unpaired) electrons. The first kappa shape index (κ1) is 14.9. The maximum absolute atomic E-state index is 9.16. The number of rotatable bonds is 5. The average molecular weight is 242 g/mol. The smallest absolute Gasteiger partial charge is 0.0446 e. The van der Waals surface area contributed by atoms with E-state index in [2.05, 4.69) is 37.9 Å². The molecule has 0 aromatic heterocycles. The van der Waals surface area contributed by atoms with E-state index < -0.39 is 0 Å². The largest absolute Gasteiger partial charge is 0.396 e. The van der Waals surface area contributed by atoms with Crippen LogP contribution in [0.1, 0.15) is 47.0 Å². The summed E-state index contributed by atoms with van der Waals surface area (Å²) in [7, 11) is 0. The highest BCUT2D eigenvalue weighted by Gasteiger charge is 2.27. The van der Waals surface area contributed by atoms with Crippen molar-refractivity contribution in [2.45, 2.75) is 59.0 Å². The van der Waals surface area contributed by atoms with Crippen LogP contribution in [0.15, 0.2) is 0 Å². The predicted octanol–water partition coefficient (Wildman–Crippen LogP) is 1.86. The fourth-order valence-electron chi connectivity index (χ4n) is 2.60. The number of aliphatic hydroxyl groups excluding tert-OH is 1. The molecule has 0 saturated carbocycles. The number of hydrogen-bond acceptors (Lipinski definition) is 3. The topological polar surface area (TPSA) is 35.5 Å². The van der Waals surface area contributed by atoms with E-state index >= 15 is 0 Å². The van der Waals surface area contributed by atoms with Crippen LogP contribution >= 0.6 is 0 Å². The van der Waals surface area contributed by atoms with Crippen molar-refractivity contribution in [3.05, 3.63) is 0 Å². The van der Waals surface area contributed by atoms with Crippen molar-refractivity contribution in [1.82, 2.24) is 10.2 Å². The highest BCUT2D eigenvalue weighted by atomic mass is 16.3. The van der Waals surface area contributed by atoms with Gasteiger partial charge in [0.2, 0.25) is 0 Å². The van der Waals surface area contributed by atoms with Crippen molar-refractivity contribution in [1.29, 1.82) is 0 Å². The summed E-state index contributed by atoms with van der Waals surface area (Å²) in [6.45, 7) is 12.9. The maximum Gasteiger partial charge on any atom is 0.0446 e. The zero-order chi connectivity index (χ0) is 12.9. The highest BCUT2D eigenvalue weighted by Crippen LogP contribution is 2.23. The number of likely N-dealkylation sites (tertiary alicyclic amines) is 1. The van der Waals surface area contributed by atoms with E-state index in [0.717, 1.165) is 6.42 Å². The van der Waals surface area contributed by atoms with Gasteiger partial charge in [-0.25, -0.2) is 0 Å². The van der Waals surface area contributed by atoms with Crippen molar-refractivity contribution >= 4 is 0 Å². The van der Waals surface area contributed by atoms with Gasteiger partial charge in [-0.15, -0.1) is 0 Å². The lowest BCUT2D eigenvalue weighted by Gasteiger charge is -2.38. The Kier molecular flexibility index (Phi) is 5.90. The number of hydrogen-bond donors (Lipinski definition) is 2. The Labute approximate surface area is 107 Å². The summed E-state index contributed by atoms with van der Waals surface area (Å²) in [4.78, 5) is 2.51. The molecule has 0 bridgehead atoms. The molecular formula is C14H30N2O. The highest BCUT2D eigenvalue weighted by molar-refractivity contribution is 4.86. The number of nitrogens with one attached hydrogen (secondary N) is 1. The normalized spacial score (nSPS) is 21.7. The van der Waals surface area contributed by atoms with Crippen molar-refractivity contribution in [3.8, 4) is 0 Å². The lowest BCUT2D eigenvalue weighted by atomic mass is 9.84. The first-order valence-corrected chi connectivity index (χ1v) is 7.06. The van der Waals surface area contributed by atoms with Gasteiger partial charge in [0.15, 0.2) is 0 Å². The number of aliphatic hydroxyl groups is 1. The molecule has 1 unspecified atom stereocenters. The number of nitrogens with zero attached hydrogens (tertiary/aromatic N) is 1. The molecule has 0 aliphatic carbocycles. The summed E-state index contributed by atoms with van der Waals surface area (Å²) in [6.07, 6.45) is 3.34. The van der Waals surface area contributed by atoms with Crippen LogP contribution < -0.4 is 5.32 Å². The Morgan fingerprint density at radius 1 is 1.29 bits per heavy atom. The Morgan fingerprint density at radius 3 is 2.29 bits per heavy atom. The van der Waals surface area contributed by atoms with E-state index in [1.54, 1.807) is 0 Å². The van der Waals surface area contributed by atoms with Crippen LogP contribution in [-0.2, 0) is 0 Å². The molecule has 3 heteroatoms. The molecular weight excluding hydrogens is 212 g/mol. The van der Waals surface area contributed by atoms with Gasteiger partial charge in [0.1, 0.15) is 0 Å². The Balaban J connectivity index is 2.41. The van der Waals surface area contributed by atoms with Crippen LogP contribution in [0.5, 0.6) is 0 Å². The van der Waals surface area contributed by atoms with Gasteiger partial charge >= 0.3 is 0 Å². The molecule has 3 nitrogen and oxygen atoms in total. The molecule has 1 fully saturated rings. The molecule has 1 aliphatic rings. The molecule has 0 amide bonds. The minimum absolute atomic E-state index is 0.227. The molecule has 0 spiro atoms. The molecule has 1 atom stereocenters. The van der Waals surface area contributed by atoms with Gasteiger partial charge < -0.3 is 15.3 Å². The van der Waals surface area contributed by atoms with E-state index in [9.17, 15) is 0 Å². The van der Waals surface area contributed by atoms with Gasteiger partial charge in [-0.3, -0.25) is 0 Å². The van der Waals surface area contributed by atoms with Crippen molar-refractivity contribution in [3.63, 3.8) is 0 Å². The van der Waals surface area contributed by atoms with Gasteiger partial charge in [-0.05, 0) is 44.3 Å². The fourth-order valence-corrected chi connectivity index (χ4v) is 2.60. The lowest BCUT2D eigenvalue weighted by Crippen LogP contribution is -2.50. The second-order valence-corrected chi connectivity index (χ2v) is 6.31. The zero-order valence-electron chi connectivity index (χ0n) is 12.0. The summed E-state index contributed by atoms with van der Waals surface area (Å²) >= 11 is 0. The van der Waals surface area contributed by atoms with Crippen LogP contribution in [-0.4, -0.2) is 48.3 Å². The molecule has 2 N–H and O–H groups in total. The molecule has 1 saturated heterocycles. The second kappa shape index (κ2) is 6.72. The maximum atomic E-state index is 9.16. The van der Waals surface area contributed by atoms with Crippen LogP contribution in [0.3, 0.4) is 0 Å². The van der Waals surface area contributed by atoms with E-state index in [-0.39, 0.29) is 12.0 Å². The summed E-state index contributed by atoms with van der Waals surface area (Å²) in [6, 6.07) is 1.05. The summed E-state index contributed by atoms with van der Waals surface area (Å²) in [5, 5.41) is 12.9. The Hall–Kier alpha value is -0.120. The summed E-state index contributed by atoms with van der Waals surface area (Å²) < 4.78 is 0. The summed E-state index contributed by atoms with van der Waals surface area (Å²) in [5.74, 6) is 0. The minimum Gasteiger partial charge on any atom is -0.396 e. The summed E-state index contributed by atoms with van der Waals surface area (Å²) in [5.41, 5.74) is 0.227. The second-order valence-electron chi connectivity index (χ2n) is 6.31. The first-order chi connectivity index (χ1) is 7.97. The quantitative estimate of drug-likeness (QED) is 0.772. The van der Waals surface area contributed by atoms with E-state index in [4.69, 9.17) is 5.11 Å². The average Bonchev–Trinajstić information content (AvgIpc) is 2.28. The minimum atomic E-state index is 0.227. The first-order valence-electron chi connectivity index (χ1n) is 7.06. The molecule has 1 aliphatic heterocycles. The van der Waals surface area contributed by atoms with Gasteiger partial charge in [0.05, 0.1) is 0 Å². The van der Waals surface area contributed by atoms with Gasteiger partial charge in [-0.1, -0.05) is 27.7 Å². The monoisotopic (exact) mass is 242 g/mol. The third kappa shape index (κ3) is 4.94. The van der Waals surface area contributed by atoms with E-state index in [1.165, 1.54) is 32.5 Å². The lowest BCUT2D eigenvalue weighted by molar-refractivity contribution is 0.150. The Bertz CT molecular complexity index is 205. The van der Waals surface area contributed by atoms with Gasteiger partial charge in [0, 0.05) is 18.7 Å².